The third kappa shape index (κ3) is 6.52. The maximum absolute atomic E-state index is 6.58. The fourth-order valence-electron chi connectivity index (χ4n) is 4.52. The van der Waals surface area contributed by atoms with Crippen LogP contribution in [0.1, 0.15) is 23.7 Å². The second-order valence-electron chi connectivity index (χ2n) is 9.13. The lowest BCUT2D eigenvalue weighted by molar-refractivity contribution is 0.106. The van der Waals surface area contributed by atoms with Crippen LogP contribution in [-0.2, 0) is 6.54 Å². The van der Waals surface area contributed by atoms with E-state index in [1.807, 2.05) is 32.3 Å². The molecule has 34 heavy (non-hydrogen) atoms. The average molecular weight is 460 g/mol. The normalized spacial score (nSPS) is 15.6. The van der Waals surface area contributed by atoms with Gasteiger partial charge in [-0.1, -0.05) is 54.6 Å². The minimum atomic E-state index is -0.0732. The molecule has 4 rings (SSSR count). The Morgan fingerprint density at radius 3 is 2.26 bits per heavy atom. The second kappa shape index (κ2) is 11.9. The summed E-state index contributed by atoms with van der Waals surface area (Å²) in [6.45, 7) is 6.39. The molecule has 3 aromatic carbocycles. The molecule has 3 aromatic rings. The van der Waals surface area contributed by atoms with Crippen molar-refractivity contribution in [3.8, 4) is 11.5 Å². The molecule has 1 heterocycles. The van der Waals surface area contributed by atoms with Crippen molar-refractivity contribution in [3.63, 3.8) is 0 Å². The minimum Gasteiger partial charge on any atom is -0.496 e. The zero-order valence-corrected chi connectivity index (χ0v) is 20.7. The van der Waals surface area contributed by atoms with Gasteiger partial charge < -0.3 is 19.3 Å². The van der Waals surface area contributed by atoms with Crippen molar-refractivity contribution in [1.29, 1.82) is 0 Å². The highest BCUT2D eigenvalue weighted by Gasteiger charge is 2.22. The van der Waals surface area contributed by atoms with Crippen LogP contribution < -0.4 is 14.4 Å². The highest BCUT2D eigenvalue weighted by atomic mass is 16.5. The number of para-hydroxylation sites is 1. The number of benzene rings is 3. The van der Waals surface area contributed by atoms with E-state index in [-0.39, 0.29) is 6.10 Å². The number of piperazine rings is 1. The molecule has 1 aliphatic rings. The van der Waals surface area contributed by atoms with E-state index < -0.39 is 0 Å². The Kier molecular flexibility index (Phi) is 8.45. The Bertz CT molecular complexity index is 1020. The summed E-state index contributed by atoms with van der Waals surface area (Å²) in [5.74, 6) is 1.76. The first-order valence-electron chi connectivity index (χ1n) is 12.2. The van der Waals surface area contributed by atoms with Crippen molar-refractivity contribution in [2.75, 3.05) is 58.8 Å². The van der Waals surface area contributed by atoms with E-state index in [0.717, 1.165) is 68.4 Å². The number of anilines is 1. The summed E-state index contributed by atoms with van der Waals surface area (Å²) in [5.41, 5.74) is 3.62. The molecule has 180 valence electrons. The number of methoxy groups -OCH3 is 1. The first-order chi connectivity index (χ1) is 16.6. The lowest BCUT2D eigenvalue weighted by Crippen LogP contribution is -2.46. The van der Waals surface area contributed by atoms with Crippen LogP contribution in [0.15, 0.2) is 78.9 Å². The predicted molar refractivity (Wildman–Crippen MR) is 140 cm³/mol. The van der Waals surface area contributed by atoms with Gasteiger partial charge in [-0.05, 0) is 23.8 Å². The van der Waals surface area contributed by atoms with Crippen LogP contribution in [0.4, 0.5) is 5.69 Å². The molecule has 1 fully saturated rings. The highest BCUT2D eigenvalue weighted by Crippen LogP contribution is 2.33. The Labute approximate surface area is 204 Å². The third-order valence-corrected chi connectivity index (χ3v) is 6.52. The van der Waals surface area contributed by atoms with E-state index in [1.165, 1.54) is 5.56 Å². The number of hydrogen-bond acceptors (Lipinski definition) is 5. The molecular formula is C29H37N3O2. The van der Waals surface area contributed by atoms with Crippen molar-refractivity contribution in [3.05, 3.63) is 90.0 Å². The summed E-state index contributed by atoms with van der Waals surface area (Å²) < 4.78 is 12.3. The zero-order valence-electron chi connectivity index (χ0n) is 20.7. The smallest absolute Gasteiger partial charge is 0.128 e. The molecule has 0 aromatic heterocycles. The van der Waals surface area contributed by atoms with E-state index >= 15 is 0 Å². The first-order valence-corrected chi connectivity index (χ1v) is 12.2. The first kappa shape index (κ1) is 24.1. The monoisotopic (exact) mass is 459 g/mol. The summed E-state index contributed by atoms with van der Waals surface area (Å²) in [4.78, 5) is 7.20. The molecule has 0 radical (unpaired) electrons. The summed E-state index contributed by atoms with van der Waals surface area (Å²) >= 11 is 0. The molecule has 5 heteroatoms. The molecular weight excluding hydrogens is 422 g/mol. The number of rotatable bonds is 10. The fourth-order valence-corrected chi connectivity index (χ4v) is 4.52. The molecule has 1 aliphatic heterocycles. The van der Waals surface area contributed by atoms with Crippen molar-refractivity contribution in [2.24, 2.45) is 0 Å². The molecule has 5 nitrogen and oxygen atoms in total. The van der Waals surface area contributed by atoms with E-state index in [0.29, 0.717) is 0 Å². The van der Waals surface area contributed by atoms with Crippen LogP contribution in [0, 0.1) is 0 Å². The maximum Gasteiger partial charge on any atom is 0.128 e. The SMILES string of the molecule is COc1ccccc1[C@H](CCN1CCN(Cc2ccccc2)CC1)Oc1cccc(N(C)C)c1. The highest BCUT2D eigenvalue weighted by molar-refractivity contribution is 5.49. The van der Waals surface area contributed by atoms with E-state index in [4.69, 9.17) is 9.47 Å². The Morgan fingerprint density at radius 2 is 1.53 bits per heavy atom. The van der Waals surface area contributed by atoms with Crippen LogP contribution >= 0.6 is 0 Å². The third-order valence-electron chi connectivity index (χ3n) is 6.52. The Balaban J connectivity index is 1.39. The molecule has 0 saturated carbocycles. The van der Waals surface area contributed by atoms with Crippen LogP contribution in [0.25, 0.3) is 0 Å². The largest absolute Gasteiger partial charge is 0.496 e. The van der Waals surface area contributed by atoms with Gasteiger partial charge in [0.15, 0.2) is 0 Å². The molecule has 1 atom stereocenters. The van der Waals surface area contributed by atoms with Crippen LogP contribution in [0.2, 0.25) is 0 Å². The number of nitrogens with zero attached hydrogens (tertiary/aromatic N) is 3. The van der Waals surface area contributed by atoms with Crippen LogP contribution in [0.5, 0.6) is 11.5 Å². The summed E-state index contributed by atoms with van der Waals surface area (Å²) in [7, 11) is 5.83. The molecule has 0 amide bonds. The Hall–Kier alpha value is -3.02. The molecule has 0 spiro atoms. The van der Waals surface area contributed by atoms with Gasteiger partial charge in [-0.2, -0.15) is 0 Å². The maximum atomic E-state index is 6.58. The summed E-state index contributed by atoms with van der Waals surface area (Å²) in [6, 6.07) is 27.3. The quantitative estimate of drug-likeness (QED) is 0.421. The standard InChI is InChI=1S/C29H37N3O2/c1-30(2)25-12-9-13-26(22-25)34-29(27-14-7-8-15-28(27)33-3)16-17-31-18-20-32(21-19-31)23-24-10-5-4-6-11-24/h4-15,22,29H,16-21,23H2,1-3H3/t29-/m0/s1. The van der Waals surface area contributed by atoms with Crippen molar-refractivity contribution < 1.29 is 9.47 Å². The van der Waals surface area contributed by atoms with Crippen molar-refractivity contribution in [2.45, 2.75) is 19.1 Å². The van der Waals surface area contributed by atoms with Crippen molar-refractivity contribution in [1.82, 2.24) is 9.80 Å². The lowest BCUT2D eigenvalue weighted by atomic mass is 10.0. The van der Waals surface area contributed by atoms with E-state index in [2.05, 4.69) is 75.4 Å². The van der Waals surface area contributed by atoms with Gasteiger partial charge in [-0.3, -0.25) is 4.90 Å². The van der Waals surface area contributed by atoms with Gasteiger partial charge in [0, 0.05) is 77.1 Å². The van der Waals surface area contributed by atoms with E-state index in [9.17, 15) is 0 Å². The van der Waals surface area contributed by atoms with Gasteiger partial charge in [0.2, 0.25) is 0 Å². The zero-order chi connectivity index (χ0) is 23.8. The van der Waals surface area contributed by atoms with Gasteiger partial charge in [-0.15, -0.1) is 0 Å². The van der Waals surface area contributed by atoms with Gasteiger partial charge >= 0.3 is 0 Å². The Morgan fingerprint density at radius 1 is 0.824 bits per heavy atom. The topological polar surface area (TPSA) is 28.2 Å². The van der Waals surface area contributed by atoms with Gasteiger partial charge in [0.25, 0.3) is 0 Å². The fraction of sp³-hybridized carbons (Fsp3) is 0.379. The molecule has 0 N–H and O–H groups in total. The molecule has 0 bridgehead atoms. The molecule has 0 unspecified atom stereocenters. The van der Waals surface area contributed by atoms with Gasteiger partial charge in [0.05, 0.1) is 7.11 Å². The second-order valence-corrected chi connectivity index (χ2v) is 9.13. The number of ether oxygens (including phenoxy) is 2. The molecule has 0 aliphatic carbocycles. The van der Waals surface area contributed by atoms with E-state index in [1.54, 1.807) is 7.11 Å². The summed E-state index contributed by atoms with van der Waals surface area (Å²) in [6.07, 6.45) is 0.835. The lowest BCUT2D eigenvalue weighted by Gasteiger charge is -2.35. The predicted octanol–water partition coefficient (Wildman–Crippen LogP) is 5.09. The number of hydrogen-bond donors (Lipinski definition) is 0. The van der Waals surface area contributed by atoms with Gasteiger partial charge in [0.1, 0.15) is 17.6 Å². The van der Waals surface area contributed by atoms with Crippen molar-refractivity contribution >= 4 is 5.69 Å². The van der Waals surface area contributed by atoms with Crippen LogP contribution in [-0.4, -0.2) is 63.7 Å². The average Bonchev–Trinajstić information content (AvgIpc) is 2.88. The molecule has 1 saturated heterocycles. The van der Waals surface area contributed by atoms with Gasteiger partial charge in [-0.25, -0.2) is 0 Å². The minimum absolute atomic E-state index is 0.0732. The summed E-state index contributed by atoms with van der Waals surface area (Å²) in [5, 5.41) is 0. The van der Waals surface area contributed by atoms with Crippen LogP contribution in [0.3, 0.4) is 0 Å².